The quantitative estimate of drug-likeness (QED) is 0.805. The van der Waals surface area contributed by atoms with Crippen LogP contribution in [0.25, 0.3) is 10.2 Å². The van der Waals surface area contributed by atoms with Gasteiger partial charge in [-0.3, -0.25) is 0 Å². The second kappa shape index (κ2) is 5.31. The summed E-state index contributed by atoms with van der Waals surface area (Å²) in [7, 11) is 0. The maximum atomic E-state index is 4.46. The summed E-state index contributed by atoms with van der Waals surface area (Å²) in [6.45, 7) is 4.95. The third-order valence-corrected chi connectivity index (χ3v) is 5.22. The van der Waals surface area contributed by atoms with Crippen LogP contribution in [0.1, 0.15) is 29.9 Å². The van der Waals surface area contributed by atoms with Gasteiger partial charge in [0.25, 0.3) is 0 Å². The van der Waals surface area contributed by atoms with Crippen LogP contribution in [0.2, 0.25) is 0 Å². The Morgan fingerprint density at radius 1 is 1.41 bits per heavy atom. The van der Waals surface area contributed by atoms with Gasteiger partial charge in [-0.15, -0.1) is 11.3 Å². The summed E-state index contributed by atoms with van der Waals surface area (Å²) in [6.07, 6.45) is 4.69. The molecule has 1 atom stereocenters. The lowest BCUT2D eigenvalue weighted by Gasteiger charge is -2.24. The van der Waals surface area contributed by atoms with Gasteiger partial charge in [-0.1, -0.05) is 6.92 Å². The molecule has 0 bridgehead atoms. The minimum atomic E-state index is 0.330. The molecular weight excluding hydrogens is 296 g/mol. The van der Waals surface area contributed by atoms with Gasteiger partial charge in [0.1, 0.15) is 28.6 Å². The molecule has 0 spiro atoms. The van der Waals surface area contributed by atoms with Gasteiger partial charge >= 0.3 is 0 Å². The number of thiophene rings is 1. The standard InChI is InChI=1S/C15H18N6S/c1-3-11-6-12-14(16-8-17-15(12)22-11)19-10-4-5-13-18-9(2)20-21(13)7-10/h6,8,10H,3-5,7H2,1-2H3,(H,16,17,19). The van der Waals surface area contributed by atoms with Crippen molar-refractivity contribution in [2.45, 2.75) is 45.7 Å². The van der Waals surface area contributed by atoms with Crippen LogP contribution in [-0.2, 0) is 19.4 Å². The molecule has 0 aromatic carbocycles. The molecule has 22 heavy (non-hydrogen) atoms. The molecule has 3 aromatic heterocycles. The van der Waals surface area contributed by atoms with E-state index in [4.69, 9.17) is 0 Å². The molecule has 114 valence electrons. The summed E-state index contributed by atoms with van der Waals surface area (Å²) >= 11 is 1.75. The van der Waals surface area contributed by atoms with Gasteiger partial charge in [0.15, 0.2) is 0 Å². The fraction of sp³-hybridized carbons (Fsp3) is 0.467. The van der Waals surface area contributed by atoms with E-state index in [9.17, 15) is 0 Å². The molecule has 0 saturated carbocycles. The number of aryl methyl sites for hydroxylation is 3. The third-order valence-electron chi connectivity index (χ3n) is 4.03. The first-order valence-corrected chi connectivity index (χ1v) is 8.45. The highest BCUT2D eigenvalue weighted by Gasteiger charge is 2.22. The van der Waals surface area contributed by atoms with Crippen molar-refractivity contribution < 1.29 is 0 Å². The molecule has 1 N–H and O–H groups in total. The normalized spacial score (nSPS) is 17.6. The smallest absolute Gasteiger partial charge is 0.147 e. The topological polar surface area (TPSA) is 68.5 Å². The van der Waals surface area contributed by atoms with Crippen molar-refractivity contribution >= 4 is 27.4 Å². The zero-order chi connectivity index (χ0) is 15.1. The van der Waals surface area contributed by atoms with Crippen LogP contribution in [-0.4, -0.2) is 30.8 Å². The molecule has 1 aliphatic heterocycles. The molecule has 1 aliphatic rings. The zero-order valence-electron chi connectivity index (χ0n) is 12.7. The van der Waals surface area contributed by atoms with E-state index < -0.39 is 0 Å². The van der Waals surface area contributed by atoms with E-state index in [1.807, 2.05) is 11.6 Å². The third kappa shape index (κ3) is 2.35. The van der Waals surface area contributed by atoms with Crippen molar-refractivity contribution in [2.75, 3.05) is 5.32 Å². The predicted octanol–water partition coefficient (Wildman–Crippen LogP) is 2.58. The Morgan fingerprint density at radius 2 is 2.32 bits per heavy atom. The highest BCUT2D eigenvalue weighted by atomic mass is 32.1. The maximum absolute atomic E-state index is 4.46. The zero-order valence-corrected chi connectivity index (χ0v) is 13.5. The molecule has 6 nitrogen and oxygen atoms in total. The Morgan fingerprint density at radius 3 is 3.18 bits per heavy atom. The monoisotopic (exact) mass is 314 g/mol. The van der Waals surface area contributed by atoms with Gasteiger partial charge in [0.05, 0.1) is 11.9 Å². The molecule has 0 saturated heterocycles. The van der Waals surface area contributed by atoms with Crippen molar-refractivity contribution in [1.82, 2.24) is 24.7 Å². The average molecular weight is 314 g/mol. The number of anilines is 1. The van der Waals surface area contributed by atoms with Crippen LogP contribution < -0.4 is 5.32 Å². The van der Waals surface area contributed by atoms with Gasteiger partial charge < -0.3 is 5.32 Å². The van der Waals surface area contributed by atoms with Crippen molar-refractivity contribution in [3.8, 4) is 0 Å². The van der Waals surface area contributed by atoms with Crippen molar-refractivity contribution in [2.24, 2.45) is 0 Å². The van der Waals surface area contributed by atoms with E-state index in [2.05, 4.69) is 38.4 Å². The number of hydrogen-bond acceptors (Lipinski definition) is 6. The van der Waals surface area contributed by atoms with Crippen molar-refractivity contribution in [1.29, 1.82) is 0 Å². The predicted molar refractivity (Wildman–Crippen MR) is 87.3 cm³/mol. The second-order valence-corrected chi connectivity index (χ2v) is 6.76. The second-order valence-electron chi connectivity index (χ2n) is 5.64. The highest BCUT2D eigenvalue weighted by Crippen LogP contribution is 2.29. The van der Waals surface area contributed by atoms with E-state index in [0.717, 1.165) is 53.5 Å². The molecule has 4 rings (SSSR count). The van der Waals surface area contributed by atoms with Crippen LogP contribution in [0.3, 0.4) is 0 Å². The highest BCUT2D eigenvalue weighted by molar-refractivity contribution is 7.18. The van der Waals surface area contributed by atoms with Crippen LogP contribution in [0.4, 0.5) is 5.82 Å². The summed E-state index contributed by atoms with van der Waals surface area (Å²) in [4.78, 5) is 15.7. The first-order chi connectivity index (χ1) is 10.7. The lowest BCUT2D eigenvalue weighted by Crippen LogP contribution is -2.32. The maximum Gasteiger partial charge on any atom is 0.147 e. The largest absolute Gasteiger partial charge is 0.365 e. The molecule has 4 heterocycles. The first-order valence-electron chi connectivity index (χ1n) is 7.63. The van der Waals surface area contributed by atoms with Crippen LogP contribution in [0, 0.1) is 6.92 Å². The molecule has 7 heteroatoms. The van der Waals surface area contributed by atoms with Gasteiger partial charge in [-0.05, 0) is 25.8 Å². The van der Waals surface area contributed by atoms with E-state index in [-0.39, 0.29) is 0 Å². The van der Waals surface area contributed by atoms with E-state index in [1.54, 1.807) is 17.7 Å². The molecule has 3 aromatic rings. The summed E-state index contributed by atoms with van der Waals surface area (Å²) in [6, 6.07) is 2.53. The minimum absolute atomic E-state index is 0.330. The SMILES string of the molecule is CCc1cc2c(NC3CCc4nc(C)nn4C3)ncnc2s1. The average Bonchev–Trinajstić information content (AvgIpc) is 3.09. The number of nitrogens with zero attached hydrogens (tertiary/aromatic N) is 5. The Kier molecular flexibility index (Phi) is 3.29. The molecule has 1 unspecified atom stereocenters. The van der Waals surface area contributed by atoms with Crippen molar-refractivity contribution in [3.05, 3.63) is 28.9 Å². The summed E-state index contributed by atoms with van der Waals surface area (Å²) in [5.74, 6) is 2.88. The Balaban J connectivity index is 1.60. The minimum Gasteiger partial charge on any atom is -0.365 e. The van der Waals surface area contributed by atoms with E-state index in [1.165, 1.54) is 4.88 Å². The van der Waals surface area contributed by atoms with Crippen molar-refractivity contribution in [3.63, 3.8) is 0 Å². The molecular formula is C15H18N6S. The Labute approximate surface area is 132 Å². The molecule has 0 fully saturated rings. The van der Waals surface area contributed by atoms with Gasteiger partial charge in [-0.25, -0.2) is 19.6 Å². The van der Waals surface area contributed by atoms with Crippen LogP contribution >= 0.6 is 11.3 Å². The molecule has 0 aliphatic carbocycles. The van der Waals surface area contributed by atoms with Crippen LogP contribution in [0.5, 0.6) is 0 Å². The Hall–Kier alpha value is -2.02. The van der Waals surface area contributed by atoms with E-state index >= 15 is 0 Å². The summed E-state index contributed by atoms with van der Waals surface area (Å²) in [5, 5.41) is 9.17. The van der Waals surface area contributed by atoms with Crippen LogP contribution in [0.15, 0.2) is 12.4 Å². The number of fused-ring (bicyclic) bond motifs is 2. The fourth-order valence-electron chi connectivity index (χ4n) is 2.94. The van der Waals surface area contributed by atoms with Gasteiger partial charge in [0.2, 0.25) is 0 Å². The number of rotatable bonds is 3. The number of nitrogens with one attached hydrogen (secondary N) is 1. The lowest BCUT2D eigenvalue weighted by atomic mass is 10.1. The van der Waals surface area contributed by atoms with E-state index in [0.29, 0.717) is 6.04 Å². The Bertz CT molecular complexity index is 821. The van der Waals surface area contributed by atoms with Gasteiger partial charge in [0, 0.05) is 17.3 Å². The lowest BCUT2D eigenvalue weighted by molar-refractivity contribution is 0.440. The molecule has 0 amide bonds. The number of aromatic nitrogens is 5. The summed E-state index contributed by atoms with van der Waals surface area (Å²) < 4.78 is 2.01. The fourth-order valence-corrected chi connectivity index (χ4v) is 3.87. The summed E-state index contributed by atoms with van der Waals surface area (Å²) in [5.41, 5.74) is 0. The van der Waals surface area contributed by atoms with Gasteiger partial charge in [-0.2, -0.15) is 5.10 Å². The number of hydrogen-bond donors (Lipinski definition) is 1. The first kappa shape index (κ1) is 13.6. The molecule has 0 radical (unpaired) electrons.